The average molecular weight is 383 g/mol. The van der Waals surface area contributed by atoms with Crippen molar-refractivity contribution in [2.75, 3.05) is 0 Å². The molecule has 106 valence electrons. The van der Waals surface area contributed by atoms with Crippen LogP contribution in [0.25, 0.3) is 5.57 Å². The molecule has 0 fully saturated rings. The van der Waals surface area contributed by atoms with Crippen LogP contribution in [-0.2, 0) is 4.79 Å². The molecule has 2 rings (SSSR count). The van der Waals surface area contributed by atoms with Gasteiger partial charge in [0.25, 0.3) is 0 Å². The molecule has 1 aromatic rings. The quantitative estimate of drug-likeness (QED) is 0.638. The molecular weight excluding hydrogens is 365 g/mol. The summed E-state index contributed by atoms with van der Waals surface area (Å²) < 4.78 is 0.201. The lowest BCUT2D eigenvalue weighted by Crippen LogP contribution is -2.25. The number of fused-ring (bicyclic) bond motifs is 1. The molecule has 4 heteroatoms. The van der Waals surface area contributed by atoms with Gasteiger partial charge in [-0.05, 0) is 11.5 Å². The molecule has 0 saturated heterocycles. The highest BCUT2D eigenvalue weighted by Gasteiger charge is 2.34. The molecule has 0 radical (unpaired) electrons. The molecule has 2 atom stereocenters. The Labute approximate surface area is 133 Å². The van der Waals surface area contributed by atoms with Gasteiger partial charge in [0.15, 0.2) is 0 Å². The summed E-state index contributed by atoms with van der Waals surface area (Å²) in [5, 5.41) is 2.73. The number of carbonyl (C=O) groups excluding carboxylic acids is 2. The second kappa shape index (κ2) is 6.08. The predicted octanol–water partition coefficient (Wildman–Crippen LogP) is 3.58. The number of carbonyl (C=O) groups is 2. The fraction of sp³-hybridized carbons (Fsp3) is 0.375. The SMILES string of the molecule is CCC(C)C(I)C1=C(NC(C)=O)C(=O)c2ccccc21. The molecule has 0 bridgehead atoms. The van der Waals surface area contributed by atoms with E-state index in [4.69, 9.17) is 0 Å². The van der Waals surface area contributed by atoms with Gasteiger partial charge in [-0.25, -0.2) is 0 Å². The molecular formula is C16H18INO2. The van der Waals surface area contributed by atoms with Crippen molar-refractivity contribution in [1.82, 2.24) is 5.32 Å². The molecule has 0 aromatic heterocycles. The van der Waals surface area contributed by atoms with Crippen LogP contribution < -0.4 is 5.32 Å². The van der Waals surface area contributed by atoms with Crippen molar-refractivity contribution < 1.29 is 9.59 Å². The van der Waals surface area contributed by atoms with Gasteiger partial charge in [0.1, 0.15) is 0 Å². The van der Waals surface area contributed by atoms with Gasteiger partial charge in [0.2, 0.25) is 11.7 Å². The zero-order valence-corrected chi connectivity index (χ0v) is 14.0. The van der Waals surface area contributed by atoms with Gasteiger partial charge in [0.05, 0.1) is 5.70 Å². The highest BCUT2D eigenvalue weighted by Crippen LogP contribution is 2.40. The molecule has 1 aliphatic rings. The van der Waals surface area contributed by atoms with Crippen LogP contribution in [0.2, 0.25) is 0 Å². The second-order valence-corrected chi connectivity index (χ2v) is 6.47. The van der Waals surface area contributed by atoms with E-state index in [0.29, 0.717) is 17.2 Å². The highest BCUT2D eigenvalue weighted by molar-refractivity contribution is 14.1. The summed E-state index contributed by atoms with van der Waals surface area (Å²) in [5.74, 6) is 0.162. The number of rotatable bonds is 4. The number of hydrogen-bond donors (Lipinski definition) is 1. The first-order chi connectivity index (χ1) is 9.47. The number of benzene rings is 1. The Hall–Kier alpha value is -1.17. The minimum atomic E-state index is -0.202. The molecule has 1 aliphatic carbocycles. The van der Waals surface area contributed by atoms with Gasteiger partial charge >= 0.3 is 0 Å². The number of nitrogens with one attached hydrogen (secondary N) is 1. The Balaban J connectivity index is 2.56. The van der Waals surface area contributed by atoms with Crippen LogP contribution in [0, 0.1) is 5.92 Å². The summed E-state index contributed by atoms with van der Waals surface area (Å²) in [6.45, 7) is 5.74. The fourth-order valence-corrected chi connectivity index (χ4v) is 3.54. The molecule has 0 spiro atoms. The van der Waals surface area contributed by atoms with Crippen LogP contribution in [0.3, 0.4) is 0 Å². The lowest BCUT2D eigenvalue weighted by molar-refractivity contribution is -0.118. The Morgan fingerprint density at radius 3 is 2.45 bits per heavy atom. The van der Waals surface area contributed by atoms with Crippen LogP contribution >= 0.6 is 22.6 Å². The Morgan fingerprint density at radius 1 is 1.30 bits per heavy atom. The number of ketones is 1. The predicted molar refractivity (Wildman–Crippen MR) is 88.8 cm³/mol. The van der Waals surface area contributed by atoms with Gasteiger partial charge in [-0.15, -0.1) is 0 Å². The van der Waals surface area contributed by atoms with Gasteiger partial charge in [-0.3, -0.25) is 9.59 Å². The highest BCUT2D eigenvalue weighted by atomic mass is 127. The first-order valence-electron chi connectivity index (χ1n) is 6.77. The van der Waals surface area contributed by atoms with E-state index >= 15 is 0 Å². The number of halogens is 1. The van der Waals surface area contributed by atoms with Gasteiger partial charge in [0, 0.05) is 22.0 Å². The van der Waals surface area contributed by atoms with E-state index in [0.717, 1.165) is 17.6 Å². The minimum absolute atomic E-state index is 0.0734. The normalized spacial score (nSPS) is 16.9. The number of alkyl halides is 1. The third-order valence-corrected chi connectivity index (χ3v) is 5.53. The minimum Gasteiger partial charge on any atom is -0.323 e. The lowest BCUT2D eigenvalue weighted by atomic mass is 9.94. The molecule has 0 aliphatic heterocycles. The number of hydrogen-bond acceptors (Lipinski definition) is 2. The van der Waals surface area contributed by atoms with Crippen LogP contribution in [-0.4, -0.2) is 15.6 Å². The van der Waals surface area contributed by atoms with Crippen molar-refractivity contribution in [2.24, 2.45) is 5.92 Å². The fourth-order valence-electron chi connectivity index (χ4n) is 2.39. The summed E-state index contributed by atoms with van der Waals surface area (Å²) in [6, 6.07) is 7.58. The average Bonchev–Trinajstić information content (AvgIpc) is 2.70. The first-order valence-corrected chi connectivity index (χ1v) is 8.01. The van der Waals surface area contributed by atoms with Crippen molar-refractivity contribution in [2.45, 2.75) is 31.1 Å². The summed E-state index contributed by atoms with van der Waals surface area (Å²) >= 11 is 2.38. The smallest absolute Gasteiger partial charge is 0.221 e. The molecule has 3 nitrogen and oxygen atoms in total. The van der Waals surface area contributed by atoms with Crippen molar-refractivity contribution in [3.05, 3.63) is 41.1 Å². The maximum atomic E-state index is 12.5. The van der Waals surface area contributed by atoms with E-state index in [-0.39, 0.29) is 15.6 Å². The third kappa shape index (κ3) is 2.66. The Kier molecular flexibility index (Phi) is 4.62. The van der Waals surface area contributed by atoms with E-state index < -0.39 is 0 Å². The first kappa shape index (κ1) is 15.2. The Bertz CT molecular complexity index is 592. The molecule has 1 N–H and O–H groups in total. The zero-order valence-electron chi connectivity index (χ0n) is 11.9. The van der Waals surface area contributed by atoms with Crippen molar-refractivity contribution in [3.63, 3.8) is 0 Å². The van der Waals surface area contributed by atoms with E-state index in [2.05, 4.69) is 41.8 Å². The summed E-state index contributed by atoms with van der Waals surface area (Å²) in [5.41, 5.74) is 3.08. The van der Waals surface area contributed by atoms with E-state index in [1.165, 1.54) is 6.92 Å². The molecule has 1 aromatic carbocycles. The van der Waals surface area contributed by atoms with Gasteiger partial charge in [-0.1, -0.05) is 67.1 Å². The zero-order chi connectivity index (χ0) is 14.9. The van der Waals surface area contributed by atoms with Crippen LogP contribution in [0.1, 0.15) is 43.1 Å². The topological polar surface area (TPSA) is 46.2 Å². The summed E-state index contributed by atoms with van der Waals surface area (Å²) in [6.07, 6.45) is 1.03. The lowest BCUT2D eigenvalue weighted by Gasteiger charge is -2.20. The number of Topliss-reactive ketones (excluding diaryl/α,β-unsaturated/α-hetero) is 1. The largest absolute Gasteiger partial charge is 0.323 e. The molecule has 2 unspecified atom stereocenters. The van der Waals surface area contributed by atoms with Crippen LogP contribution in [0.5, 0.6) is 0 Å². The number of allylic oxidation sites excluding steroid dienone is 2. The molecule has 0 saturated carbocycles. The van der Waals surface area contributed by atoms with Crippen molar-refractivity contribution in [3.8, 4) is 0 Å². The molecule has 0 heterocycles. The number of amides is 1. The van der Waals surface area contributed by atoms with Crippen LogP contribution in [0.15, 0.2) is 30.0 Å². The van der Waals surface area contributed by atoms with E-state index in [1.807, 2.05) is 24.3 Å². The van der Waals surface area contributed by atoms with Crippen molar-refractivity contribution in [1.29, 1.82) is 0 Å². The molecule has 20 heavy (non-hydrogen) atoms. The van der Waals surface area contributed by atoms with E-state index in [9.17, 15) is 9.59 Å². The van der Waals surface area contributed by atoms with Gasteiger partial charge < -0.3 is 5.32 Å². The van der Waals surface area contributed by atoms with Gasteiger partial charge in [-0.2, -0.15) is 0 Å². The van der Waals surface area contributed by atoms with Crippen LogP contribution in [0.4, 0.5) is 0 Å². The standard InChI is InChI=1S/C16H18INO2/c1-4-9(2)14(17)13-11-7-5-6-8-12(11)16(20)15(13)18-10(3)19/h5-9,14H,4H2,1-3H3,(H,18,19,20). The summed E-state index contributed by atoms with van der Waals surface area (Å²) in [4.78, 5) is 23.9. The maximum absolute atomic E-state index is 12.5. The third-order valence-electron chi connectivity index (χ3n) is 3.68. The maximum Gasteiger partial charge on any atom is 0.221 e. The van der Waals surface area contributed by atoms with Crippen molar-refractivity contribution >= 4 is 39.9 Å². The molecule has 1 amide bonds. The van der Waals surface area contributed by atoms with E-state index in [1.54, 1.807) is 0 Å². The monoisotopic (exact) mass is 383 g/mol. The summed E-state index contributed by atoms with van der Waals surface area (Å²) in [7, 11) is 0. The Morgan fingerprint density at radius 2 is 1.90 bits per heavy atom. The second-order valence-electron chi connectivity index (χ2n) is 5.13.